The molecule has 2 aliphatic heterocycles. The zero-order valence-electron chi connectivity index (χ0n) is 18.2. The number of fused-ring (bicyclic) bond motifs is 1. The number of nitrogens with zero attached hydrogens (tertiary/aromatic N) is 3. The molecular weight excluding hydrogens is 444 g/mol. The summed E-state index contributed by atoms with van der Waals surface area (Å²) in [6.45, 7) is 3.85. The van der Waals surface area contributed by atoms with Gasteiger partial charge in [0.1, 0.15) is 6.61 Å². The van der Waals surface area contributed by atoms with E-state index in [0.29, 0.717) is 10.9 Å². The Bertz CT molecular complexity index is 1190. The van der Waals surface area contributed by atoms with E-state index >= 15 is 0 Å². The number of nitrogens with one attached hydrogen (secondary N) is 1. The summed E-state index contributed by atoms with van der Waals surface area (Å²) in [6.07, 6.45) is 0. The van der Waals surface area contributed by atoms with E-state index in [1.807, 2.05) is 44.2 Å². The fraction of sp³-hybridized carbons (Fsp3) is 0.217. The van der Waals surface area contributed by atoms with Crippen molar-refractivity contribution in [1.29, 1.82) is 0 Å². The van der Waals surface area contributed by atoms with Gasteiger partial charge in [0.15, 0.2) is 10.2 Å². The summed E-state index contributed by atoms with van der Waals surface area (Å²) < 4.78 is 0. The summed E-state index contributed by atoms with van der Waals surface area (Å²) in [7, 11) is 1.43. The molecule has 9 nitrogen and oxygen atoms in total. The van der Waals surface area contributed by atoms with Crippen LogP contribution >= 0.6 is 11.8 Å². The molecule has 1 saturated heterocycles. The summed E-state index contributed by atoms with van der Waals surface area (Å²) in [6, 6.07) is 13.9. The van der Waals surface area contributed by atoms with Crippen LogP contribution in [-0.2, 0) is 14.6 Å². The average molecular weight is 467 g/mol. The Morgan fingerprint density at radius 1 is 1.24 bits per heavy atom. The highest BCUT2D eigenvalue weighted by atomic mass is 32.2. The van der Waals surface area contributed by atoms with Gasteiger partial charge in [0, 0.05) is 11.3 Å². The van der Waals surface area contributed by atoms with Gasteiger partial charge >= 0.3 is 5.97 Å². The third-order valence-corrected chi connectivity index (χ3v) is 6.25. The molecule has 2 aliphatic rings. The molecular formula is C23H22N4O5S. The number of thioether (sulfide) groups is 1. The number of hydrogen-bond acceptors (Lipinski definition) is 8. The lowest BCUT2D eigenvalue weighted by Crippen LogP contribution is -2.39. The Kier molecular flexibility index (Phi) is 6.59. The maximum absolute atomic E-state index is 13.4. The number of anilines is 1. The van der Waals surface area contributed by atoms with Crippen molar-refractivity contribution in [3.63, 3.8) is 0 Å². The molecule has 0 radical (unpaired) electrons. The smallest absolute Gasteiger partial charge is 0.335 e. The van der Waals surface area contributed by atoms with Crippen molar-refractivity contribution in [3.8, 4) is 0 Å². The lowest BCUT2D eigenvalue weighted by Gasteiger charge is -2.33. The minimum atomic E-state index is -1.04. The predicted octanol–water partition coefficient (Wildman–Crippen LogP) is 3.96. The van der Waals surface area contributed by atoms with Crippen LogP contribution < -0.4 is 5.43 Å². The monoisotopic (exact) mass is 466 g/mol. The Hall–Kier alpha value is -3.47. The van der Waals surface area contributed by atoms with E-state index in [4.69, 9.17) is 9.78 Å². The van der Waals surface area contributed by atoms with Crippen LogP contribution in [0.4, 0.5) is 5.69 Å². The topological polar surface area (TPSA) is 113 Å². The van der Waals surface area contributed by atoms with E-state index in [2.05, 4.69) is 15.5 Å². The molecule has 0 aromatic heterocycles. The predicted molar refractivity (Wildman–Crippen MR) is 126 cm³/mol. The quantitative estimate of drug-likeness (QED) is 0.469. The molecule has 1 unspecified atom stereocenters. The number of amides is 1. The maximum atomic E-state index is 13.4. The summed E-state index contributed by atoms with van der Waals surface area (Å²) in [5, 5.41) is 14.3. The van der Waals surface area contributed by atoms with E-state index in [0.717, 1.165) is 34.2 Å². The van der Waals surface area contributed by atoms with Gasteiger partial charge in [-0.2, -0.15) is 5.10 Å². The van der Waals surface area contributed by atoms with Crippen LogP contribution in [-0.4, -0.2) is 45.8 Å². The number of aromatic carboxylic acids is 1. The first-order valence-electron chi connectivity index (χ1n) is 10.1. The van der Waals surface area contributed by atoms with E-state index in [1.54, 1.807) is 11.0 Å². The number of carboxylic acid groups (broad SMARTS) is 1. The molecule has 4 rings (SSSR count). The molecule has 2 aromatic carbocycles. The Balaban J connectivity index is 1.67. The molecule has 1 amide bonds. The molecule has 1 fully saturated rings. The molecule has 0 aliphatic carbocycles. The highest BCUT2D eigenvalue weighted by Gasteiger charge is 2.44. The lowest BCUT2D eigenvalue weighted by atomic mass is 9.95. The number of hydrazone groups is 1. The van der Waals surface area contributed by atoms with Crippen LogP contribution in [0.5, 0.6) is 0 Å². The standard InChI is InChI=1S/C23H22N4O5S/c1-13-9-10-16(22(29)30)11-18(13)25-26-20-21(28)27-19(15-7-5-4-6-8-15)17(12-32-31-3)14(2)24-23(27)33-20/h4-11,19,25H,12H2,1-3H3,(H,29,30)/b26-20-. The Labute approximate surface area is 194 Å². The first kappa shape index (κ1) is 22.7. The molecule has 0 saturated carbocycles. The van der Waals surface area contributed by atoms with Crippen molar-refractivity contribution in [2.45, 2.75) is 19.9 Å². The third-order valence-electron chi connectivity index (χ3n) is 5.32. The van der Waals surface area contributed by atoms with Gasteiger partial charge in [0.2, 0.25) is 0 Å². The van der Waals surface area contributed by atoms with E-state index in [9.17, 15) is 14.7 Å². The van der Waals surface area contributed by atoms with Gasteiger partial charge in [-0.1, -0.05) is 36.4 Å². The number of benzene rings is 2. The van der Waals surface area contributed by atoms with Crippen LogP contribution in [0, 0.1) is 6.92 Å². The molecule has 0 bridgehead atoms. The molecule has 2 aromatic rings. The number of allylic oxidation sites excluding steroid dienone is 1. The minimum absolute atomic E-state index is 0.127. The summed E-state index contributed by atoms with van der Waals surface area (Å²) in [4.78, 5) is 40.9. The lowest BCUT2D eigenvalue weighted by molar-refractivity contribution is -0.266. The van der Waals surface area contributed by atoms with Gasteiger partial charge < -0.3 is 5.11 Å². The molecule has 10 heteroatoms. The maximum Gasteiger partial charge on any atom is 0.335 e. The average Bonchev–Trinajstić information content (AvgIpc) is 3.11. The van der Waals surface area contributed by atoms with Gasteiger partial charge in [-0.25, -0.2) is 19.6 Å². The number of aryl methyl sites for hydroxylation is 1. The van der Waals surface area contributed by atoms with E-state index < -0.39 is 12.0 Å². The number of carbonyl (C=O) groups is 2. The second kappa shape index (κ2) is 9.57. The molecule has 33 heavy (non-hydrogen) atoms. The fourth-order valence-electron chi connectivity index (χ4n) is 3.59. The number of hydrogen-bond donors (Lipinski definition) is 2. The SMILES string of the molecule is COOCC1=C(C)N=C2S/C(=N\Nc3cc(C(=O)O)ccc3C)C(=O)N2C1c1ccccc1. The first-order chi connectivity index (χ1) is 15.9. The number of amidine groups is 1. The molecule has 170 valence electrons. The largest absolute Gasteiger partial charge is 0.478 e. The molecule has 2 heterocycles. The minimum Gasteiger partial charge on any atom is -0.478 e. The van der Waals surface area contributed by atoms with Crippen LogP contribution in [0.15, 0.2) is 69.9 Å². The van der Waals surface area contributed by atoms with Crippen molar-refractivity contribution in [3.05, 3.63) is 76.5 Å². The van der Waals surface area contributed by atoms with E-state index in [-0.39, 0.29) is 23.1 Å². The van der Waals surface area contributed by atoms with Crippen molar-refractivity contribution in [2.75, 3.05) is 19.1 Å². The zero-order chi connectivity index (χ0) is 23.5. The van der Waals surface area contributed by atoms with Gasteiger partial charge in [-0.3, -0.25) is 15.1 Å². The van der Waals surface area contributed by atoms with Gasteiger partial charge in [0.05, 0.1) is 24.4 Å². The number of rotatable bonds is 7. The zero-order valence-corrected chi connectivity index (χ0v) is 19.0. The number of carbonyl (C=O) groups excluding carboxylic acids is 1. The highest BCUT2D eigenvalue weighted by Crippen LogP contribution is 2.41. The molecule has 1 atom stereocenters. The molecule has 0 spiro atoms. The Morgan fingerprint density at radius 2 is 2.00 bits per heavy atom. The summed E-state index contributed by atoms with van der Waals surface area (Å²) >= 11 is 1.16. The van der Waals surface area contributed by atoms with Crippen LogP contribution in [0.25, 0.3) is 0 Å². The second-order valence-electron chi connectivity index (χ2n) is 7.39. The van der Waals surface area contributed by atoms with E-state index in [1.165, 1.54) is 19.2 Å². The van der Waals surface area contributed by atoms with Crippen molar-refractivity contribution < 1.29 is 24.5 Å². The Morgan fingerprint density at radius 3 is 2.70 bits per heavy atom. The van der Waals surface area contributed by atoms with Crippen LogP contribution in [0.3, 0.4) is 0 Å². The fourth-order valence-corrected chi connectivity index (χ4v) is 4.51. The summed E-state index contributed by atoms with van der Waals surface area (Å²) in [5.41, 5.74) is 6.73. The van der Waals surface area contributed by atoms with Crippen molar-refractivity contribution in [1.82, 2.24) is 4.90 Å². The number of aliphatic imine (C=N–C) groups is 1. The van der Waals surface area contributed by atoms with Crippen molar-refractivity contribution in [2.24, 2.45) is 10.1 Å². The van der Waals surface area contributed by atoms with Gasteiger partial charge in [-0.05, 0) is 48.9 Å². The normalized spacial score (nSPS) is 19.1. The number of carboxylic acids is 1. The van der Waals surface area contributed by atoms with Crippen LogP contribution in [0.2, 0.25) is 0 Å². The molecule has 2 N–H and O–H groups in total. The third kappa shape index (κ3) is 4.54. The highest BCUT2D eigenvalue weighted by molar-refractivity contribution is 8.29. The van der Waals surface area contributed by atoms with Gasteiger partial charge in [-0.15, -0.1) is 0 Å². The van der Waals surface area contributed by atoms with Crippen LogP contribution in [0.1, 0.15) is 34.5 Å². The summed E-state index contributed by atoms with van der Waals surface area (Å²) in [5.74, 6) is -1.35. The van der Waals surface area contributed by atoms with Gasteiger partial charge in [0.25, 0.3) is 5.91 Å². The second-order valence-corrected chi connectivity index (χ2v) is 8.34. The van der Waals surface area contributed by atoms with Crippen molar-refractivity contribution >= 4 is 39.5 Å². The first-order valence-corrected chi connectivity index (χ1v) is 10.9.